The second-order valence-electron chi connectivity index (χ2n) is 10.5. The third-order valence-corrected chi connectivity index (χ3v) is 9.41. The van der Waals surface area contributed by atoms with Crippen LogP contribution in [0.4, 0.5) is 18.9 Å². The van der Waals surface area contributed by atoms with Gasteiger partial charge in [-0.25, -0.2) is 8.42 Å². The second-order valence-corrected chi connectivity index (χ2v) is 12.3. The van der Waals surface area contributed by atoms with Gasteiger partial charge in [-0.1, -0.05) is 66.7 Å². The topological polar surface area (TPSA) is 104 Å². The van der Waals surface area contributed by atoms with Crippen molar-refractivity contribution < 1.29 is 36.3 Å². The Morgan fingerprint density at radius 2 is 1.55 bits per heavy atom. The van der Waals surface area contributed by atoms with Gasteiger partial charge >= 0.3 is 12.1 Å². The van der Waals surface area contributed by atoms with E-state index in [1.807, 2.05) is 24.3 Å². The molecule has 0 aromatic heterocycles. The molecule has 1 amide bonds. The third kappa shape index (κ3) is 6.62. The lowest BCUT2D eigenvalue weighted by molar-refractivity contribution is -0.138. The summed E-state index contributed by atoms with van der Waals surface area (Å²) < 4.78 is 68.7. The van der Waals surface area contributed by atoms with E-state index in [0.29, 0.717) is 29.7 Å². The van der Waals surface area contributed by atoms with E-state index in [9.17, 15) is 31.2 Å². The van der Waals surface area contributed by atoms with Gasteiger partial charge in [-0.2, -0.15) is 13.2 Å². The summed E-state index contributed by atoms with van der Waals surface area (Å²) in [6.07, 6.45) is -3.37. The van der Waals surface area contributed by atoms with E-state index in [1.54, 1.807) is 24.3 Å². The van der Waals surface area contributed by atoms with Crippen LogP contribution >= 0.6 is 0 Å². The predicted octanol–water partition coefficient (Wildman–Crippen LogP) is 6.22. The second kappa shape index (κ2) is 12.5. The molecule has 0 unspecified atom stereocenters. The zero-order chi connectivity index (χ0) is 31.5. The van der Waals surface area contributed by atoms with Gasteiger partial charge in [0.1, 0.15) is 6.04 Å². The molecule has 0 fully saturated rings. The Labute approximate surface area is 253 Å². The smallest absolute Gasteiger partial charge is 0.416 e. The lowest BCUT2D eigenvalue weighted by atomic mass is 10.0. The van der Waals surface area contributed by atoms with Gasteiger partial charge in [-0.05, 0) is 71.0 Å². The number of amides is 1. The zero-order valence-electron chi connectivity index (χ0n) is 23.4. The number of sulfonamides is 1. The van der Waals surface area contributed by atoms with E-state index >= 15 is 0 Å². The van der Waals surface area contributed by atoms with E-state index in [-0.39, 0.29) is 29.8 Å². The van der Waals surface area contributed by atoms with E-state index in [0.717, 1.165) is 27.6 Å². The van der Waals surface area contributed by atoms with Crippen LogP contribution in [-0.4, -0.2) is 31.4 Å². The molecule has 4 aromatic carbocycles. The molecule has 4 aromatic rings. The van der Waals surface area contributed by atoms with Crippen LogP contribution in [0.25, 0.3) is 11.1 Å². The molecule has 1 aliphatic heterocycles. The first-order chi connectivity index (χ1) is 20.9. The number of aliphatic carboxylic acids is 1. The molecule has 228 valence electrons. The number of halogens is 3. The number of nitrogens with one attached hydrogen (secondary N) is 1. The van der Waals surface area contributed by atoms with Crippen molar-refractivity contribution in [2.24, 2.45) is 0 Å². The van der Waals surface area contributed by atoms with Crippen LogP contribution < -0.4 is 9.62 Å². The molecule has 0 saturated carbocycles. The number of hydrogen-bond donors (Lipinski definition) is 2. The number of rotatable bonds is 10. The number of fused-ring (bicyclic) bond motifs is 1. The molecule has 0 aliphatic carbocycles. The number of aryl methyl sites for hydroxylation is 1. The van der Waals surface area contributed by atoms with Crippen molar-refractivity contribution in [3.05, 3.63) is 119 Å². The largest absolute Gasteiger partial charge is 0.481 e. The molecule has 0 saturated heterocycles. The number of alkyl halides is 3. The number of benzene rings is 4. The predicted molar refractivity (Wildman–Crippen MR) is 159 cm³/mol. The Bertz CT molecular complexity index is 1790. The van der Waals surface area contributed by atoms with Crippen molar-refractivity contribution in [3.8, 4) is 11.1 Å². The van der Waals surface area contributed by atoms with Crippen LogP contribution in [0.15, 0.2) is 102 Å². The maximum Gasteiger partial charge on any atom is 0.416 e. The maximum atomic E-state index is 14.0. The summed E-state index contributed by atoms with van der Waals surface area (Å²) in [7, 11) is -4.25. The van der Waals surface area contributed by atoms with Crippen molar-refractivity contribution in [1.29, 1.82) is 0 Å². The maximum absolute atomic E-state index is 14.0. The van der Waals surface area contributed by atoms with Gasteiger partial charge in [-0.15, -0.1) is 0 Å². The molecular weight excluding hydrogens is 593 g/mol. The van der Waals surface area contributed by atoms with Crippen LogP contribution in [0.1, 0.15) is 35.1 Å². The van der Waals surface area contributed by atoms with Crippen molar-refractivity contribution >= 4 is 27.6 Å². The molecule has 1 aliphatic rings. The lowest BCUT2D eigenvalue weighted by Gasteiger charge is -2.26. The van der Waals surface area contributed by atoms with Gasteiger partial charge in [0.25, 0.3) is 10.0 Å². The fraction of sp³-hybridized carbons (Fsp3) is 0.212. The van der Waals surface area contributed by atoms with Crippen molar-refractivity contribution in [2.75, 3.05) is 4.31 Å². The van der Waals surface area contributed by atoms with Gasteiger partial charge in [0, 0.05) is 19.4 Å². The number of para-hydroxylation sites is 1. The molecule has 0 spiro atoms. The van der Waals surface area contributed by atoms with E-state index in [4.69, 9.17) is 5.11 Å². The Balaban J connectivity index is 1.38. The van der Waals surface area contributed by atoms with Crippen LogP contribution in [0.3, 0.4) is 0 Å². The minimum atomic E-state index is -4.51. The van der Waals surface area contributed by atoms with Crippen molar-refractivity contribution in [3.63, 3.8) is 0 Å². The molecule has 2 N–H and O–H groups in total. The summed E-state index contributed by atoms with van der Waals surface area (Å²) in [6.45, 7) is 0.133. The minimum absolute atomic E-state index is 0.0226. The first-order valence-electron chi connectivity index (χ1n) is 13.9. The molecule has 11 heteroatoms. The Hall–Kier alpha value is -4.64. The van der Waals surface area contributed by atoms with Gasteiger partial charge < -0.3 is 10.4 Å². The number of carbonyl (C=O) groups is 2. The molecule has 0 bridgehead atoms. The quantitative estimate of drug-likeness (QED) is 0.219. The number of carboxylic acid groups (broad SMARTS) is 1. The van der Waals surface area contributed by atoms with E-state index in [1.165, 1.54) is 36.4 Å². The SMILES string of the molecule is O=C(O)CCCc1ccccc1CNC(=O)[C@@H]1Cc2ccccc2N1S(=O)(=O)c1ccc(-c2cccc(C(F)(F)F)c2)cc1. The number of anilines is 1. The highest BCUT2D eigenvalue weighted by molar-refractivity contribution is 7.93. The van der Waals surface area contributed by atoms with E-state index in [2.05, 4.69) is 5.32 Å². The first-order valence-corrected chi connectivity index (χ1v) is 15.4. The Kier molecular flexibility index (Phi) is 8.78. The summed E-state index contributed by atoms with van der Waals surface area (Å²) >= 11 is 0. The molecule has 0 radical (unpaired) electrons. The van der Waals surface area contributed by atoms with Crippen LogP contribution in [-0.2, 0) is 45.2 Å². The molecular formula is C33H29F3N2O5S. The van der Waals surface area contributed by atoms with E-state index < -0.39 is 39.7 Å². The third-order valence-electron chi connectivity index (χ3n) is 7.57. The average Bonchev–Trinajstić information content (AvgIpc) is 3.41. The van der Waals surface area contributed by atoms with Gasteiger partial charge in [0.05, 0.1) is 16.1 Å². The number of nitrogens with zero attached hydrogens (tertiary/aromatic N) is 1. The normalized spacial score (nSPS) is 14.7. The molecule has 44 heavy (non-hydrogen) atoms. The van der Waals surface area contributed by atoms with Crippen LogP contribution in [0.2, 0.25) is 0 Å². The summed E-state index contributed by atoms with van der Waals surface area (Å²) in [5.41, 5.74) is 2.66. The molecule has 5 rings (SSSR count). The number of carboxylic acids is 1. The summed E-state index contributed by atoms with van der Waals surface area (Å²) in [5.74, 6) is -1.38. The number of carbonyl (C=O) groups excluding carboxylic acids is 1. The Morgan fingerprint density at radius 1 is 0.864 bits per heavy atom. The minimum Gasteiger partial charge on any atom is -0.481 e. The summed E-state index contributed by atoms with van der Waals surface area (Å²) in [4.78, 5) is 24.4. The monoisotopic (exact) mass is 622 g/mol. The lowest BCUT2D eigenvalue weighted by Crippen LogP contribution is -2.47. The van der Waals surface area contributed by atoms with Gasteiger partial charge in [0.2, 0.25) is 5.91 Å². The molecule has 1 atom stereocenters. The summed E-state index contributed by atoms with van der Waals surface area (Å²) in [5, 5.41) is 11.8. The standard InChI is InChI=1S/C33H29F3N2O5S/c34-33(35,36)27-12-5-11-24(19-27)23-15-17-28(18-16-23)44(42,43)38-29-13-4-3-8-25(29)20-30(38)32(41)37-21-26-9-2-1-7-22(26)10-6-14-31(39)40/h1-5,7-9,11-13,15-19,30H,6,10,14,20-21H2,(H,37,41)(H,39,40)/t30-/m0/s1. The first kappa shape index (κ1) is 30.8. The molecule has 1 heterocycles. The average molecular weight is 623 g/mol. The highest BCUT2D eigenvalue weighted by atomic mass is 32.2. The van der Waals surface area contributed by atoms with Gasteiger partial charge in [-0.3, -0.25) is 13.9 Å². The zero-order valence-corrected chi connectivity index (χ0v) is 24.2. The highest BCUT2D eigenvalue weighted by Crippen LogP contribution is 2.38. The van der Waals surface area contributed by atoms with Crippen molar-refractivity contribution in [1.82, 2.24) is 5.32 Å². The van der Waals surface area contributed by atoms with Crippen molar-refractivity contribution in [2.45, 2.75) is 49.3 Å². The van der Waals surface area contributed by atoms with Gasteiger partial charge in [0.15, 0.2) is 0 Å². The summed E-state index contributed by atoms with van der Waals surface area (Å²) in [6, 6.07) is 23.5. The van der Waals surface area contributed by atoms with Crippen LogP contribution in [0, 0.1) is 0 Å². The highest BCUT2D eigenvalue weighted by Gasteiger charge is 2.42. The van der Waals surface area contributed by atoms with Crippen LogP contribution in [0.5, 0.6) is 0 Å². The Morgan fingerprint density at radius 3 is 2.25 bits per heavy atom. The number of hydrogen-bond acceptors (Lipinski definition) is 4. The fourth-order valence-electron chi connectivity index (χ4n) is 5.37. The fourth-order valence-corrected chi connectivity index (χ4v) is 7.02. The molecule has 7 nitrogen and oxygen atoms in total.